The highest BCUT2D eigenvalue weighted by molar-refractivity contribution is 6.07. The number of amides is 2. The predicted molar refractivity (Wildman–Crippen MR) is 135 cm³/mol. The van der Waals surface area contributed by atoms with Crippen LogP contribution in [0.25, 0.3) is 0 Å². The van der Waals surface area contributed by atoms with Crippen molar-refractivity contribution >= 4 is 17.5 Å². The first-order valence-electron chi connectivity index (χ1n) is 12.6. The zero-order valence-electron chi connectivity index (χ0n) is 20.8. The Bertz CT molecular complexity index is 944. The Morgan fingerprint density at radius 1 is 0.886 bits per heavy atom. The number of nitrogens with zero attached hydrogens (tertiary/aromatic N) is 1. The molecule has 0 heterocycles. The van der Waals surface area contributed by atoms with E-state index in [1.807, 2.05) is 6.07 Å². The van der Waals surface area contributed by atoms with Crippen LogP contribution in [0.2, 0.25) is 0 Å². The molecule has 7 heteroatoms. The summed E-state index contributed by atoms with van der Waals surface area (Å²) in [6.45, 7) is 4.52. The molecule has 1 N–H and O–H groups in total. The van der Waals surface area contributed by atoms with Crippen molar-refractivity contribution in [3.8, 4) is 0 Å². The van der Waals surface area contributed by atoms with E-state index < -0.39 is 11.7 Å². The molecule has 0 saturated carbocycles. The number of aryl methyl sites for hydroxylation is 1. The Kier molecular flexibility index (Phi) is 11.8. The second-order valence-corrected chi connectivity index (χ2v) is 8.89. The molecule has 4 nitrogen and oxygen atoms in total. The van der Waals surface area contributed by atoms with Gasteiger partial charge in [0, 0.05) is 30.8 Å². The number of hydrogen-bond acceptors (Lipinski definition) is 2. The van der Waals surface area contributed by atoms with Crippen molar-refractivity contribution in [2.45, 2.75) is 77.8 Å². The van der Waals surface area contributed by atoms with E-state index in [2.05, 4.69) is 12.2 Å². The van der Waals surface area contributed by atoms with E-state index in [1.54, 1.807) is 25.1 Å². The maximum Gasteiger partial charge on any atom is 0.416 e. The van der Waals surface area contributed by atoms with Crippen LogP contribution in [-0.4, -0.2) is 24.9 Å². The Morgan fingerprint density at radius 2 is 1.57 bits per heavy atom. The molecule has 0 spiro atoms. The molecule has 0 saturated heterocycles. The van der Waals surface area contributed by atoms with E-state index in [4.69, 9.17) is 0 Å². The van der Waals surface area contributed by atoms with E-state index in [9.17, 15) is 22.8 Å². The normalized spacial score (nSPS) is 11.3. The second kappa shape index (κ2) is 14.5. The average molecular weight is 491 g/mol. The highest BCUT2D eigenvalue weighted by Gasteiger charge is 2.31. The maximum absolute atomic E-state index is 13.3. The van der Waals surface area contributed by atoms with Crippen LogP contribution in [-0.2, 0) is 11.0 Å². The van der Waals surface area contributed by atoms with Gasteiger partial charge in [-0.25, -0.2) is 0 Å². The van der Waals surface area contributed by atoms with E-state index in [1.165, 1.54) is 42.7 Å². The van der Waals surface area contributed by atoms with Crippen LogP contribution in [0.15, 0.2) is 48.5 Å². The van der Waals surface area contributed by atoms with Gasteiger partial charge in [0.2, 0.25) is 5.91 Å². The summed E-state index contributed by atoms with van der Waals surface area (Å²) in [6.07, 6.45) is 4.32. The van der Waals surface area contributed by atoms with Crippen molar-refractivity contribution in [2.75, 3.05) is 18.0 Å². The standard InChI is InChI=1S/C28H37F3N2O2/c1-3-4-5-6-7-8-9-18-26(34)32-19-13-20-33(27(35)25-17-11-10-14-22(25)2)24-16-12-15-23(21-24)28(29,30)31/h10-12,14-17,21H,3-9,13,18-20H2,1-2H3,(H,32,34). The summed E-state index contributed by atoms with van der Waals surface area (Å²) in [5, 5.41) is 2.87. The lowest BCUT2D eigenvalue weighted by atomic mass is 10.1. The first-order chi connectivity index (χ1) is 16.7. The molecule has 2 aromatic rings. The highest BCUT2D eigenvalue weighted by Crippen LogP contribution is 2.32. The summed E-state index contributed by atoms with van der Waals surface area (Å²) < 4.78 is 39.8. The van der Waals surface area contributed by atoms with Gasteiger partial charge in [-0.3, -0.25) is 9.59 Å². The Hall–Kier alpha value is -2.83. The first-order valence-corrected chi connectivity index (χ1v) is 12.6. The molecule has 0 radical (unpaired) electrons. The van der Waals surface area contributed by atoms with E-state index in [-0.39, 0.29) is 24.0 Å². The van der Waals surface area contributed by atoms with Gasteiger partial charge < -0.3 is 10.2 Å². The molecular formula is C28H37F3N2O2. The van der Waals surface area contributed by atoms with E-state index in [0.29, 0.717) is 24.9 Å². The number of anilines is 1. The topological polar surface area (TPSA) is 49.4 Å². The van der Waals surface area contributed by atoms with Crippen LogP contribution in [0, 0.1) is 6.92 Å². The molecule has 0 atom stereocenters. The fraction of sp³-hybridized carbons (Fsp3) is 0.500. The van der Waals surface area contributed by atoms with Gasteiger partial charge in [0.05, 0.1) is 5.56 Å². The molecule has 0 fully saturated rings. The van der Waals surface area contributed by atoms with Gasteiger partial charge in [0.15, 0.2) is 0 Å². The molecule has 0 aromatic heterocycles. The number of nitrogens with one attached hydrogen (secondary N) is 1. The van der Waals surface area contributed by atoms with Gasteiger partial charge in [-0.05, 0) is 49.6 Å². The summed E-state index contributed by atoms with van der Waals surface area (Å²) in [5.74, 6) is -0.397. The highest BCUT2D eigenvalue weighted by atomic mass is 19.4. The molecule has 0 aliphatic rings. The van der Waals surface area contributed by atoms with Crippen molar-refractivity contribution < 1.29 is 22.8 Å². The molecule has 0 aliphatic carbocycles. The van der Waals surface area contributed by atoms with E-state index in [0.717, 1.165) is 37.0 Å². The fourth-order valence-corrected chi connectivity index (χ4v) is 3.95. The lowest BCUT2D eigenvalue weighted by Crippen LogP contribution is -2.35. The Balaban J connectivity index is 1.95. The van der Waals surface area contributed by atoms with Gasteiger partial charge in [0.1, 0.15) is 0 Å². The quantitative estimate of drug-likeness (QED) is 0.282. The first kappa shape index (κ1) is 28.4. The number of benzene rings is 2. The molecule has 192 valence electrons. The molecular weight excluding hydrogens is 453 g/mol. The van der Waals surface area contributed by atoms with Crippen molar-refractivity contribution in [2.24, 2.45) is 0 Å². The average Bonchev–Trinajstić information content (AvgIpc) is 2.83. The molecule has 0 unspecified atom stereocenters. The van der Waals surface area contributed by atoms with Crippen LogP contribution in [0.1, 0.15) is 86.2 Å². The largest absolute Gasteiger partial charge is 0.416 e. The minimum atomic E-state index is -4.50. The minimum Gasteiger partial charge on any atom is -0.356 e. The van der Waals surface area contributed by atoms with Gasteiger partial charge in [-0.15, -0.1) is 0 Å². The second-order valence-electron chi connectivity index (χ2n) is 8.89. The number of unbranched alkanes of at least 4 members (excludes halogenated alkanes) is 6. The zero-order chi connectivity index (χ0) is 25.7. The third-order valence-corrected chi connectivity index (χ3v) is 5.99. The predicted octanol–water partition coefficient (Wildman–Crippen LogP) is 7.31. The van der Waals surface area contributed by atoms with Crippen molar-refractivity contribution in [1.82, 2.24) is 5.32 Å². The summed E-state index contributed by atoms with van der Waals surface area (Å²) in [6, 6.07) is 11.8. The molecule has 0 bridgehead atoms. The van der Waals surface area contributed by atoms with Crippen molar-refractivity contribution in [3.05, 3.63) is 65.2 Å². The summed E-state index contributed by atoms with van der Waals surface area (Å²) in [5.41, 5.74) is 0.563. The molecule has 2 rings (SSSR count). The molecule has 0 aliphatic heterocycles. The SMILES string of the molecule is CCCCCCCCCC(=O)NCCCN(C(=O)c1ccccc1C)c1cccc(C(F)(F)F)c1. The molecule has 2 amide bonds. The zero-order valence-corrected chi connectivity index (χ0v) is 20.8. The van der Waals surface area contributed by atoms with E-state index >= 15 is 0 Å². The number of rotatable bonds is 14. The lowest BCUT2D eigenvalue weighted by Gasteiger charge is -2.25. The van der Waals surface area contributed by atoms with Gasteiger partial charge in [-0.1, -0.05) is 69.7 Å². The summed E-state index contributed by atoms with van der Waals surface area (Å²) in [4.78, 5) is 26.8. The van der Waals surface area contributed by atoms with Crippen molar-refractivity contribution in [3.63, 3.8) is 0 Å². The smallest absolute Gasteiger partial charge is 0.356 e. The number of hydrogen-bond donors (Lipinski definition) is 1. The Labute approximate surface area is 206 Å². The van der Waals surface area contributed by atoms with Crippen LogP contribution >= 0.6 is 0 Å². The van der Waals surface area contributed by atoms with Crippen LogP contribution in [0.5, 0.6) is 0 Å². The lowest BCUT2D eigenvalue weighted by molar-refractivity contribution is -0.137. The van der Waals surface area contributed by atoms with Gasteiger partial charge in [0.25, 0.3) is 5.91 Å². The Morgan fingerprint density at radius 3 is 2.26 bits per heavy atom. The number of alkyl halides is 3. The third kappa shape index (κ3) is 9.74. The number of carbonyl (C=O) groups excluding carboxylic acids is 2. The minimum absolute atomic E-state index is 0.0330. The maximum atomic E-state index is 13.3. The summed E-state index contributed by atoms with van der Waals surface area (Å²) >= 11 is 0. The van der Waals surface area contributed by atoms with Crippen LogP contribution < -0.4 is 10.2 Å². The third-order valence-electron chi connectivity index (χ3n) is 5.99. The molecule has 2 aromatic carbocycles. The number of halogens is 3. The van der Waals surface area contributed by atoms with Crippen LogP contribution in [0.3, 0.4) is 0 Å². The summed E-state index contributed by atoms with van der Waals surface area (Å²) in [7, 11) is 0. The monoisotopic (exact) mass is 490 g/mol. The fourth-order valence-electron chi connectivity index (χ4n) is 3.95. The van der Waals surface area contributed by atoms with Crippen LogP contribution in [0.4, 0.5) is 18.9 Å². The van der Waals surface area contributed by atoms with Gasteiger partial charge >= 0.3 is 6.18 Å². The van der Waals surface area contributed by atoms with Gasteiger partial charge in [-0.2, -0.15) is 13.2 Å². The number of carbonyl (C=O) groups is 2. The van der Waals surface area contributed by atoms with Crippen molar-refractivity contribution in [1.29, 1.82) is 0 Å². The molecule has 35 heavy (non-hydrogen) atoms.